The average Bonchev–Trinajstić information content (AvgIpc) is 2.70. The molecule has 1 saturated heterocycles. The molecule has 1 aromatic carbocycles. The third kappa shape index (κ3) is 4.30. The summed E-state index contributed by atoms with van der Waals surface area (Å²) in [5.41, 5.74) is 1.97. The van der Waals surface area contributed by atoms with Crippen LogP contribution in [0, 0.1) is 0 Å². The quantitative estimate of drug-likeness (QED) is 0.803. The summed E-state index contributed by atoms with van der Waals surface area (Å²) in [6.45, 7) is 5.36. The summed E-state index contributed by atoms with van der Waals surface area (Å²) in [5, 5.41) is 2.84. The fourth-order valence-corrected chi connectivity index (χ4v) is 2.82. The highest BCUT2D eigenvalue weighted by Gasteiger charge is 2.17. The van der Waals surface area contributed by atoms with Crippen LogP contribution in [-0.4, -0.2) is 55.0 Å². The van der Waals surface area contributed by atoms with Crippen LogP contribution in [0.2, 0.25) is 0 Å². The molecular formula is C19H22N4O3. The van der Waals surface area contributed by atoms with Crippen LogP contribution in [0.1, 0.15) is 17.4 Å². The average molecular weight is 354 g/mol. The Labute approximate surface area is 152 Å². The van der Waals surface area contributed by atoms with E-state index in [0.29, 0.717) is 31.1 Å². The maximum absolute atomic E-state index is 12.5. The number of hydrogen-bond donors (Lipinski definition) is 1. The van der Waals surface area contributed by atoms with E-state index < -0.39 is 0 Å². The number of hydrogen-bond acceptors (Lipinski definition) is 5. The summed E-state index contributed by atoms with van der Waals surface area (Å²) in [4.78, 5) is 31.4. The van der Waals surface area contributed by atoms with Gasteiger partial charge in [-0.1, -0.05) is 0 Å². The van der Waals surface area contributed by atoms with E-state index in [1.54, 1.807) is 29.3 Å². The largest absolute Gasteiger partial charge is 0.494 e. The van der Waals surface area contributed by atoms with Crippen molar-refractivity contribution in [3.63, 3.8) is 0 Å². The highest BCUT2D eigenvalue weighted by molar-refractivity contribution is 6.03. The summed E-state index contributed by atoms with van der Waals surface area (Å²) in [7, 11) is 0. The first-order chi connectivity index (χ1) is 12.7. The molecule has 0 saturated carbocycles. The maximum atomic E-state index is 12.5. The van der Waals surface area contributed by atoms with Crippen LogP contribution in [0.5, 0.6) is 5.75 Å². The van der Waals surface area contributed by atoms with Gasteiger partial charge in [0.05, 0.1) is 6.61 Å². The van der Waals surface area contributed by atoms with Gasteiger partial charge < -0.3 is 19.9 Å². The molecule has 1 N–H and O–H groups in total. The van der Waals surface area contributed by atoms with Crippen molar-refractivity contribution in [3.8, 4) is 5.75 Å². The maximum Gasteiger partial charge on any atom is 0.274 e. The van der Waals surface area contributed by atoms with Crippen LogP contribution in [-0.2, 0) is 4.79 Å². The van der Waals surface area contributed by atoms with Crippen LogP contribution in [0.15, 0.2) is 42.6 Å². The molecule has 0 spiro atoms. The monoisotopic (exact) mass is 354 g/mol. The smallest absolute Gasteiger partial charge is 0.274 e. The van der Waals surface area contributed by atoms with Crippen molar-refractivity contribution >= 4 is 23.7 Å². The molecule has 1 aliphatic heterocycles. The van der Waals surface area contributed by atoms with Gasteiger partial charge in [0.15, 0.2) is 0 Å². The molecule has 0 aliphatic carbocycles. The van der Waals surface area contributed by atoms with Crippen LogP contribution in [0.4, 0.5) is 11.4 Å². The summed E-state index contributed by atoms with van der Waals surface area (Å²) in [6.07, 6.45) is 2.51. The van der Waals surface area contributed by atoms with Crippen molar-refractivity contribution in [1.82, 2.24) is 9.88 Å². The van der Waals surface area contributed by atoms with E-state index in [2.05, 4.69) is 15.2 Å². The number of rotatable bonds is 6. The predicted octanol–water partition coefficient (Wildman–Crippen LogP) is 2.01. The predicted molar refractivity (Wildman–Crippen MR) is 99.7 cm³/mol. The Hall–Kier alpha value is -3.09. The molecule has 0 bridgehead atoms. The van der Waals surface area contributed by atoms with Gasteiger partial charge in [0.2, 0.25) is 6.41 Å². The second kappa shape index (κ2) is 8.33. The Morgan fingerprint density at radius 2 is 1.92 bits per heavy atom. The van der Waals surface area contributed by atoms with Crippen molar-refractivity contribution in [1.29, 1.82) is 0 Å². The Balaban J connectivity index is 1.65. The summed E-state index contributed by atoms with van der Waals surface area (Å²) < 4.78 is 5.39. The Bertz CT molecular complexity index is 756. The van der Waals surface area contributed by atoms with E-state index in [0.717, 1.165) is 30.9 Å². The molecule has 7 heteroatoms. The second-order valence-electron chi connectivity index (χ2n) is 5.94. The van der Waals surface area contributed by atoms with Gasteiger partial charge in [-0.05, 0) is 43.3 Å². The standard InChI is InChI=1S/C19H22N4O3/c1-2-26-17-5-3-15(4-6-17)21-19(25)18-13-16(7-8-20-18)23-11-9-22(14-24)10-12-23/h3-8,13-14H,2,9-12H2,1H3,(H,21,25). The summed E-state index contributed by atoms with van der Waals surface area (Å²) in [6, 6.07) is 10.9. The van der Waals surface area contributed by atoms with E-state index in [-0.39, 0.29) is 5.91 Å². The molecule has 136 valence electrons. The lowest BCUT2D eigenvalue weighted by Crippen LogP contribution is -2.45. The van der Waals surface area contributed by atoms with Gasteiger partial charge in [-0.2, -0.15) is 0 Å². The first-order valence-corrected chi connectivity index (χ1v) is 8.64. The zero-order chi connectivity index (χ0) is 18.4. The topological polar surface area (TPSA) is 74.8 Å². The summed E-state index contributed by atoms with van der Waals surface area (Å²) in [5.74, 6) is 0.502. The van der Waals surface area contributed by atoms with Crippen molar-refractivity contribution in [2.24, 2.45) is 0 Å². The molecule has 26 heavy (non-hydrogen) atoms. The number of pyridine rings is 1. The number of carbonyl (C=O) groups is 2. The van der Waals surface area contributed by atoms with Gasteiger partial charge in [0.25, 0.3) is 5.91 Å². The Morgan fingerprint density at radius 3 is 2.58 bits per heavy atom. The molecule has 0 unspecified atom stereocenters. The van der Waals surface area contributed by atoms with Crippen molar-refractivity contribution in [3.05, 3.63) is 48.3 Å². The SMILES string of the molecule is CCOc1ccc(NC(=O)c2cc(N3CCN(C=O)CC3)ccn2)cc1. The van der Waals surface area contributed by atoms with E-state index in [4.69, 9.17) is 4.74 Å². The zero-order valence-corrected chi connectivity index (χ0v) is 14.7. The number of aromatic nitrogens is 1. The number of anilines is 2. The minimum atomic E-state index is -0.262. The number of ether oxygens (including phenoxy) is 1. The molecule has 0 radical (unpaired) electrons. The first kappa shape index (κ1) is 17.7. The molecule has 1 aromatic heterocycles. The zero-order valence-electron chi connectivity index (χ0n) is 14.7. The Morgan fingerprint density at radius 1 is 1.19 bits per heavy atom. The number of piperazine rings is 1. The summed E-state index contributed by atoms with van der Waals surface area (Å²) >= 11 is 0. The molecule has 3 rings (SSSR count). The number of amides is 2. The van der Waals surface area contributed by atoms with E-state index in [9.17, 15) is 9.59 Å². The molecular weight excluding hydrogens is 332 g/mol. The molecule has 0 atom stereocenters. The second-order valence-corrected chi connectivity index (χ2v) is 5.94. The fraction of sp³-hybridized carbons (Fsp3) is 0.316. The molecule has 2 heterocycles. The van der Waals surface area contributed by atoms with E-state index >= 15 is 0 Å². The van der Waals surface area contributed by atoms with Gasteiger partial charge in [-0.15, -0.1) is 0 Å². The first-order valence-electron chi connectivity index (χ1n) is 8.64. The van der Waals surface area contributed by atoms with Crippen LogP contribution in [0.3, 0.4) is 0 Å². The van der Waals surface area contributed by atoms with Crippen LogP contribution >= 0.6 is 0 Å². The van der Waals surface area contributed by atoms with Gasteiger partial charge in [0, 0.05) is 43.8 Å². The molecule has 2 aromatic rings. The third-order valence-electron chi connectivity index (χ3n) is 4.23. The van der Waals surface area contributed by atoms with Crippen LogP contribution < -0.4 is 15.0 Å². The Kier molecular flexibility index (Phi) is 5.68. The van der Waals surface area contributed by atoms with Gasteiger partial charge in [-0.25, -0.2) is 0 Å². The van der Waals surface area contributed by atoms with Crippen molar-refractivity contribution in [2.45, 2.75) is 6.92 Å². The van der Waals surface area contributed by atoms with E-state index in [1.807, 2.05) is 25.1 Å². The molecule has 1 fully saturated rings. The van der Waals surface area contributed by atoms with Crippen molar-refractivity contribution < 1.29 is 14.3 Å². The van der Waals surface area contributed by atoms with Crippen molar-refractivity contribution in [2.75, 3.05) is 43.0 Å². The highest BCUT2D eigenvalue weighted by atomic mass is 16.5. The number of nitrogens with zero attached hydrogens (tertiary/aromatic N) is 3. The fourth-order valence-electron chi connectivity index (χ4n) is 2.82. The van der Waals surface area contributed by atoms with Crippen LogP contribution in [0.25, 0.3) is 0 Å². The van der Waals surface area contributed by atoms with Gasteiger partial charge in [-0.3, -0.25) is 14.6 Å². The minimum Gasteiger partial charge on any atom is -0.494 e. The van der Waals surface area contributed by atoms with Gasteiger partial charge >= 0.3 is 0 Å². The molecule has 7 nitrogen and oxygen atoms in total. The lowest BCUT2D eigenvalue weighted by Gasteiger charge is -2.34. The molecule has 2 amide bonds. The van der Waals surface area contributed by atoms with E-state index in [1.165, 1.54) is 0 Å². The molecule has 1 aliphatic rings. The lowest BCUT2D eigenvalue weighted by molar-refractivity contribution is -0.118. The number of nitrogens with one attached hydrogen (secondary N) is 1. The highest BCUT2D eigenvalue weighted by Crippen LogP contribution is 2.19. The number of benzene rings is 1. The third-order valence-corrected chi connectivity index (χ3v) is 4.23. The lowest BCUT2D eigenvalue weighted by atomic mass is 10.2. The minimum absolute atomic E-state index is 0.262. The van der Waals surface area contributed by atoms with Gasteiger partial charge in [0.1, 0.15) is 11.4 Å². The number of carbonyl (C=O) groups excluding carboxylic acids is 2. The normalized spacial score (nSPS) is 14.0.